The first-order valence-electron chi connectivity index (χ1n) is 11.2. The summed E-state index contributed by atoms with van der Waals surface area (Å²) in [7, 11) is 0. The van der Waals surface area contributed by atoms with Gasteiger partial charge in [0, 0.05) is 23.6 Å². The Morgan fingerprint density at radius 2 is 1.57 bits per heavy atom. The largest absolute Gasteiger partial charge is 0.325 e. The molecule has 1 unspecified atom stereocenters. The summed E-state index contributed by atoms with van der Waals surface area (Å²) in [5, 5.41) is 12.2. The summed E-state index contributed by atoms with van der Waals surface area (Å²) >= 11 is 1.37. The number of aryl methyl sites for hydroxylation is 1. The molecule has 5 aromatic rings. The summed E-state index contributed by atoms with van der Waals surface area (Å²) < 4.78 is 2.00. The number of nitrogens with zero attached hydrogens (tertiary/aromatic N) is 4. The number of aromatic nitrogens is 4. The van der Waals surface area contributed by atoms with E-state index in [0.717, 1.165) is 28.1 Å². The first kappa shape index (κ1) is 22.6. The summed E-state index contributed by atoms with van der Waals surface area (Å²) in [4.78, 5) is 17.8. The SMILES string of the molecule is Cc1ccccc1-n1c(SC(C(=O)Nc2ccccc2)c2ccccc2)nnc1-c1cccnc1. The van der Waals surface area contributed by atoms with Gasteiger partial charge in [-0.2, -0.15) is 0 Å². The molecule has 172 valence electrons. The summed E-state index contributed by atoms with van der Waals surface area (Å²) in [5.41, 5.74) is 4.50. The van der Waals surface area contributed by atoms with Crippen LogP contribution in [0.3, 0.4) is 0 Å². The number of thioether (sulfide) groups is 1. The lowest BCUT2D eigenvalue weighted by molar-refractivity contribution is -0.115. The Morgan fingerprint density at radius 3 is 2.29 bits per heavy atom. The molecule has 0 radical (unpaired) electrons. The molecular formula is C28H23N5OS. The Hall–Kier alpha value is -4.23. The minimum absolute atomic E-state index is 0.130. The standard InChI is InChI=1S/C28H23N5OS/c1-20-11-8-9-17-24(20)33-26(22-14-10-18-29-19-22)31-32-28(33)35-25(21-12-4-2-5-13-21)27(34)30-23-15-6-3-7-16-23/h2-19,25H,1H3,(H,30,34). The second kappa shape index (κ2) is 10.4. The van der Waals surface area contributed by atoms with Gasteiger partial charge in [-0.15, -0.1) is 10.2 Å². The quantitative estimate of drug-likeness (QED) is 0.286. The van der Waals surface area contributed by atoms with Crippen molar-refractivity contribution >= 4 is 23.4 Å². The zero-order valence-corrected chi connectivity index (χ0v) is 19.9. The van der Waals surface area contributed by atoms with Crippen molar-refractivity contribution in [1.29, 1.82) is 0 Å². The van der Waals surface area contributed by atoms with Crippen molar-refractivity contribution in [3.05, 3.63) is 121 Å². The minimum Gasteiger partial charge on any atom is -0.325 e. The minimum atomic E-state index is -0.537. The number of para-hydroxylation sites is 2. The van der Waals surface area contributed by atoms with Crippen LogP contribution in [0.2, 0.25) is 0 Å². The van der Waals surface area contributed by atoms with Crippen molar-refractivity contribution in [1.82, 2.24) is 19.7 Å². The number of anilines is 1. The van der Waals surface area contributed by atoms with E-state index in [9.17, 15) is 4.79 Å². The van der Waals surface area contributed by atoms with Gasteiger partial charge in [0.15, 0.2) is 11.0 Å². The van der Waals surface area contributed by atoms with E-state index < -0.39 is 5.25 Å². The van der Waals surface area contributed by atoms with Crippen LogP contribution in [0.25, 0.3) is 17.1 Å². The lowest BCUT2D eigenvalue weighted by Crippen LogP contribution is -2.19. The zero-order chi connectivity index (χ0) is 24.0. The molecule has 2 aromatic heterocycles. The summed E-state index contributed by atoms with van der Waals surface area (Å²) in [6.07, 6.45) is 3.50. The van der Waals surface area contributed by atoms with E-state index in [1.807, 2.05) is 109 Å². The van der Waals surface area contributed by atoms with Crippen LogP contribution in [0, 0.1) is 6.92 Å². The van der Waals surface area contributed by atoms with E-state index in [-0.39, 0.29) is 5.91 Å². The summed E-state index contributed by atoms with van der Waals surface area (Å²) in [6.45, 7) is 2.05. The highest BCUT2D eigenvalue weighted by Gasteiger charge is 2.27. The molecule has 0 spiro atoms. The maximum atomic E-state index is 13.5. The van der Waals surface area contributed by atoms with E-state index in [2.05, 4.69) is 20.5 Å². The van der Waals surface area contributed by atoms with Crippen LogP contribution in [0.5, 0.6) is 0 Å². The molecule has 5 rings (SSSR count). The average molecular weight is 478 g/mol. The van der Waals surface area contributed by atoms with E-state index in [4.69, 9.17) is 0 Å². The van der Waals surface area contributed by atoms with Gasteiger partial charge in [0.25, 0.3) is 0 Å². The van der Waals surface area contributed by atoms with Crippen LogP contribution >= 0.6 is 11.8 Å². The molecule has 0 fully saturated rings. The highest BCUT2D eigenvalue weighted by Crippen LogP contribution is 2.38. The first-order chi connectivity index (χ1) is 17.2. The van der Waals surface area contributed by atoms with E-state index in [0.29, 0.717) is 11.0 Å². The average Bonchev–Trinajstić information content (AvgIpc) is 3.32. The predicted molar refractivity (Wildman–Crippen MR) is 139 cm³/mol. The first-order valence-corrected chi connectivity index (χ1v) is 12.1. The second-order valence-electron chi connectivity index (χ2n) is 7.93. The van der Waals surface area contributed by atoms with Crippen molar-refractivity contribution in [3.63, 3.8) is 0 Å². The van der Waals surface area contributed by atoms with Gasteiger partial charge in [0.2, 0.25) is 5.91 Å². The van der Waals surface area contributed by atoms with E-state index in [1.54, 1.807) is 12.4 Å². The molecule has 0 aliphatic heterocycles. The maximum absolute atomic E-state index is 13.5. The third-order valence-electron chi connectivity index (χ3n) is 5.51. The Kier molecular flexibility index (Phi) is 6.68. The molecule has 7 heteroatoms. The zero-order valence-electron chi connectivity index (χ0n) is 19.1. The molecule has 0 aliphatic carbocycles. The number of hydrogen-bond acceptors (Lipinski definition) is 5. The van der Waals surface area contributed by atoms with Crippen LogP contribution in [0.4, 0.5) is 5.69 Å². The van der Waals surface area contributed by atoms with Crippen LogP contribution in [0.1, 0.15) is 16.4 Å². The predicted octanol–water partition coefficient (Wildman–Crippen LogP) is 6.11. The molecule has 35 heavy (non-hydrogen) atoms. The Morgan fingerprint density at radius 1 is 0.857 bits per heavy atom. The van der Waals surface area contributed by atoms with Gasteiger partial charge >= 0.3 is 0 Å². The fraction of sp³-hybridized carbons (Fsp3) is 0.0714. The van der Waals surface area contributed by atoms with Crippen molar-refractivity contribution in [3.8, 4) is 17.1 Å². The lowest BCUT2D eigenvalue weighted by atomic mass is 10.1. The van der Waals surface area contributed by atoms with Crippen LogP contribution < -0.4 is 5.32 Å². The Bertz CT molecular complexity index is 1420. The molecule has 0 bridgehead atoms. The van der Waals surface area contributed by atoms with Gasteiger partial charge in [-0.25, -0.2) is 0 Å². The Balaban J connectivity index is 1.59. The number of hydrogen-bond donors (Lipinski definition) is 1. The van der Waals surface area contributed by atoms with Crippen molar-refractivity contribution < 1.29 is 4.79 Å². The summed E-state index contributed by atoms with van der Waals surface area (Å²) in [5.74, 6) is 0.542. The number of pyridine rings is 1. The molecule has 1 N–H and O–H groups in total. The maximum Gasteiger partial charge on any atom is 0.242 e. The number of carbonyl (C=O) groups excluding carboxylic acids is 1. The number of nitrogens with one attached hydrogen (secondary N) is 1. The Labute approximate surface area is 208 Å². The van der Waals surface area contributed by atoms with Gasteiger partial charge in [-0.05, 0) is 48.4 Å². The molecule has 0 saturated carbocycles. The molecule has 0 aliphatic rings. The lowest BCUT2D eigenvalue weighted by Gasteiger charge is -2.18. The number of benzene rings is 3. The van der Waals surface area contributed by atoms with Crippen LogP contribution in [-0.4, -0.2) is 25.7 Å². The molecule has 1 amide bonds. The summed E-state index contributed by atoms with van der Waals surface area (Å²) in [6, 6.07) is 31.1. The van der Waals surface area contributed by atoms with Crippen LogP contribution in [-0.2, 0) is 4.79 Å². The third kappa shape index (κ3) is 5.00. The van der Waals surface area contributed by atoms with Crippen molar-refractivity contribution in [2.45, 2.75) is 17.3 Å². The second-order valence-corrected chi connectivity index (χ2v) is 9.01. The number of amides is 1. The van der Waals surface area contributed by atoms with Gasteiger partial charge in [0.1, 0.15) is 5.25 Å². The normalized spacial score (nSPS) is 11.7. The molecule has 1 atom stereocenters. The number of rotatable bonds is 7. The number of carbonyl (C=O) groups is 1. The highest BCUT2D eigenvalue weighted by atomic mass is 32.2. The fourth-order valence-corrected chi connectivity index (χ4v) is 4.84. The third-order valence-corrected chi connectivity index (χ3v) is 6.71. The molecule has 6 nitrogen and oxygen atoms in total. The van der Waals surface area contributed by atoms with Gasteiger partial charge < -0.3 is 5.32 Å². The van der Waals surface area contributed by atoms with Gasteiger partial charge in [0.05, 0.1) is 5.69 Å². The highest BCUT2D eigenvalue weighted by molar-refractivity contribution is 8.00. The molecule has 3 aromatic carbocycles. The van der Waals surface area contributed by atoms with E-state index >= 15 is 0 Å². The van der Waals surface area contributed by atoms with Crippen molar-refractivity contribution in [2.24, 2.45) is 0 Å². The van der Waals surface area contributed by atoms with Crippen LogP contribution in [0.15, 0.2) is 115 Å². The van der Waals surface area contributed by atoms with Gasteiger partial charge in [-0.1, -0.05) is 78.5 Å². The van der Waals surface area contributed by atoms with E-state index in [1.165, 1.54) is 11.8 Å². The molecular weight excluding hydrogens is 454 g/mol. The molecule has 0 saturated heterocycles. The van der Waals surface area contributed by atoms with Crippen molar-refractivity contribution in [2.75, 3.05) is 5.32 Å². The topological polar surface area (TPSA) is 72.7 Å². The smallest absolute Gasteiger partial charge is 0.242 e. The monoisotopic (exact) mass is 477 g/mol. The van der Waals surface area contributed by atoms with Gasteiger partial charge in [-0.3, -0.25) is 14.3 Å². The molecule has 2 heterocycles. The fourth-order valence-electron chi connectivity index (χ4n) is 3.80.